The molecule has 0 heterocycles. The highest BCUT2D eigenvalue weighted by Crippen LogP contribution is 2.05. The first-order valence-corrected chi connectivity index (χ1v) is 5.64. The summed E-state index contributed by atoms with van der Waals surface area (Å²) in [5, 5.41) is 0. The van der Waals surface area contributed by atoms with Crippen LogP contribution in [0.5, 0.6) is 0 Å². The molecule has 0 aromatic heterocycles. The molecule has 0 aromatic rings. The van der Waals surface area contributed by atoms with Crippen molar-refractivity contribution in [3.63, 3.8) is 0 Å². The molecule has 0 aromatic carbocycles. The number of hydrogen-bond donors (Lipinski definition) is 0. The molecule has 0 N–H and O–H groups in total. The van der Waals surface area contributed by atoms with Crippen LogP contribution in [-0.4, -0.2) is 43.2 Å². The van der Waals surface area contributed by atoms with Gasteiger partial charge in [-0.3, -0.25) is 4.79 Å². The molecule has 0 aliphatic rings. The number of hydrogen-bond acceptors (Lipinski definition) is 2. The van der Waals surface area contributed by atoms with E-state index in [1.807, 2.05) is 6.92 Å². The Morgan fingerprint density at radius 2 is 1.57 bits per heavy atom. The van der Waals surface area contributed by atoms with Gasteiger partial charge in [0.1, 0.15) is 13.2 Å². The minimum Gasteiger partial charge on any atom is -0.460 e. The van der Waals surface area contributed by atoms with Crippen LogP contribution in [0.1, 0.15) is 34.1 Å². The van der Waals surface area contributed by atoms with Crippen molar-refractivity contribution in [3.8, 4) is 0 Å². The molecular weight excluding hydrogens is 178 g/mol. The number of carbonyl (C=O) groups is 1. The van der Waals surface area contributed by atoms with Crippen LogP contribution in [0.25, 0.3) is 0 Å². The Hall–Kier alpha value is -0.570. The minimum atomic E-state index is -0.0913. The number of ether oxygens (including phenoxy) is 1. The lowest BCUT2D eigenvalue weighted by Gasteiger charge is -2.35. The first-order valence-electron chi connectivity index (χ1n) is 5.64. The van der Waals surface area contributed by atoms with Gasteiger partial charge in [0, 0.05) is 6.42 Å². The highest BCUT2D eigenvalue weighted by Gasteiger charge is 2.20. The van der Waals surface area contributed by atoms with Crippen molar-refractivity contribution in [1.29, 1.82) is 0 Å². The van der Waals surface area contributed by atoms with Crippen LogP contribution in [0, 0.1) is 0 Å². The van der Waals surface area contributed by atoms with Crippen molar-refractivity contribution in [2.45, 2.75) is 34.1 Å². The molecule has 0 aliphatic heterocycles. The zero-order chi connectivity index (χ0) is 11.0. The van der Waals surface area contributed by atoms with Crippen molar-refractivity contribution < 1.29 is 14.0 Å². The third-order valence-corrected chi connectivity index (χ3v) is 3.13. The topological polar surface area (TPSA) is 26.3 Å². The minimum absolute atomic E-state index is 0.0913. The van der Waals surface area contributed by atoms with Gasteiger partial charge in [0.25, 0.3) is 0 Å². The largest absolute Gasteiger partial charge is 0.460 e. The van der Waals surface area contributed by atoms with Gasteiger partial charge >= 0.3 is 5.97 Å². The summed E-state index contributed by atoms with van der Waals surface area (Å²) in [4.78, 5) is 10.9. The predicted molar refractivity (Wildman–Crippen MR) is 58.0 cm³/mol. The van der Waals surface area contributed by atoms with Crippen LogP contribution >= 0.6 is 0 Å². The van der Waals surface area contributed by atoms with E-state index in [2.05, 4.69) is 20.8 Å². The van der Waals surface area contributed by atoms with E-state index in [9.17, 15) is 4.79 Å². The maximum atomic E-state index is 10.9. The molecule has 0 fully saturated rings. The predicted octanol–water partition coefficient (Wildman–Crippen LogP) is 1.82. The van der Waals surface area contributed by atoms with E-state index in [0.717, 1.165) is 30.7 Å². The van der Waals surface area contributed by atoms with Crippen LogP contribution in [-0.2, 0) is 9.53 Å². The van der Waals surface area contributed by atoms with Gasteiger partial charge in [-0.05, 0) is 20.8 Å². The molecule has 0 saturated carbocycles. The van der Waals surface area contributed by atoms with Gasteiger partial charge in [-0.2, -0.15) is 0 Å². The zero-order valence-electron chi connectivity index (χ0n) is 10.0. The Labute approximate surface area is 87.6 Å². The molecule has 0 atom stereocenters. The van der Waals surface area contributed by atoms with Gasteiger partial charge in [-0.15, -0.1) is 0 Å². The van der Waals surface area contributed by atoms with Crippen molar-refractivity contribution in [1.82, 2.24) is 0 Å². The van der Waals surface area contributed by atoms with Gasteiger partial charge in [0.15, 0.2) is 0 Å². The Balaban J connectivity index is 3.88. The number of rotatable bonds is 7. The van der Waals surface area contributed by atoms with E-state index in [4.69, 9.17) is 4.74 Å². The Kier molecular flexibility index (Phi) is 6.54. The number of nitrogens with zero attached hydrogens (tertiary/aromatic N) is 1. The average molecular weight is 202 g/mol. The molecule has 3 nitrogen and oxygen atoms in total. The normalized spacial score (nSPS) is 11.4. The number of likely N-dealkylation sites (N-methyl/N-ethyl adjacent to an activating group) is 1. The fraction of sp³-hybridized carbons (Fsp3) is 0.909. The maximum Gasteiger partial charge on any atom is 0.305 e. The Bertz CT molecular complexity index is 156. The third kappa shape index (κ3) is 4.09. The molecule has 0 rings (SSSR count). The molecule has 84 valence electrons. The highest BCUT2D eigenvalue weighted by atomic mass is 16.5. The fourth-order valence-corrected chi connectivity index (χ4v) is 1.60. The lowest BCUT2D eigenvalue weighted by atomic mass is 10.3. The van der Waals surface area contributed by atoms with Gasteiger partial charge in [0.2, 0.25) is 0 Å². The molecule has 14 heavy (non-hydrogen) atoms. The summed E-state index contributed by atoms with van der Waals surface area (Å²) in [6, 6.07) is 0. The van der Waals surface area contributed by atoms with Crippen LogP contribution in [0.15, 0.2) is 0 Å². The van der Waals surface area contributed by atoms with Crippen LogP contribution < -0.4 is 0 Å². The zero-order valence-corrected chi connectivity index (χ0v) is 10.0. The summed E-state index contributed by atoms with van der Waals surface area (Å²) < 4.78 is 6.14. The standard InChI is InChI=1S/C11H24NO2/c1-5-11(13)14-10-9-12(6-2,7-3)8-4/h5-10H2,1-4H3/q+1. The van der Waals surface area contributed by atoms with E-state index in [1.165, 1.54) is 0 Å². The summed E-state index contributed by atoms with van der Waals surface area (Å²) in [5.41, 5.74) is 0. The van der Waals surface area contributed by atoms with Gasteiger partial charge in [-0.25, -0.2) is 0 Å². The summed E-state index contributed by atoms with van der Waals surface area (Å²) in [6.45, 7) is 13.2. The second-order valence-electron chi connectivity index (χ2n) is 3.59. The summed E-state index contributed by atoms with van der Waals surface area (Å²) >= 11 is 0. The van der Waals surface area contributed by atoms with Crippen molar-refractivity contribution in [3.05, 3.63) is 0 Å². The average Bonchev–Trinajstić information content (AvgIpc) is 2.25. The van der Waals surface area contributed by atoms with Gasteiger partial charge in [-0.1, -0.05) is 6.92 Å². The molecule has 3 heteroatoms. The van der Waals surface area contributed by atoms with Crippen LogP contribution in [0.4, 0.5) is 0 Å². The summed E-state index contributed by atoms with van der Waals surface area (Å²) in [6.07, 6.45) is 0.477. The molecular formula is C11H24NO2+. The molecule has 0 saturated heterocycles. The van der Waals surface area contributed by atoms with Crippen LogP contribution in [0.3, 0.4) is 0 Å². The van der Waals surface area contributed by atoms with Crippen LogP contribution in [0.2, 0.25) is 0 Å². The lowest BCUT2D eigenvalue weighted by molar-refractivity contribution is -0.923. The molecule has 0 spiro atoms. The maximum absolute atomic E-state index is 10.9. The number of quaternary nitrogens is 1. The van der Waals surface area contributed by atoms with Crippen molar-refractivity contribution >= 4 is 5.97 Å². The second-order valence-corrected chi connectivity index (χ2v) is 3.59. The van der Waals surface area contributed by atoms with Crippen molar-refractivity contribution in [2.24, 2.45) is 0 Å². The van der Waals surface area contributed by atoms with E-state index in [1.54, 1.807) is 0 Å². The molecule has 0 amide bonds. The summed E-state index contributed by atoms with van der Waals surface area (Å²) in [7, 11) is 0. The van der Waals surface area contributed by atoms with E-state index in [-0.39, 0.29) is 5.97 Å². The smallest absolute Gasteiger partial charge is 0.305 e. The monoisotopic (exact) mass is 202 g/mol. The lowest BCUT2D eigenvalue weighted by Crippen LogP contribution is -2.49. The molecule has 0 aliphatic carbocycles. The number of carbonyl (C=O) groups excluding carboxylic acids is 1. The van der Waals surface area contributed by atoms with E-state index in [0.29, 0.717) is 13.0 Å². The van der Waals surface area contributed by atoms with Crippen molar-refractivity contribution in [2.75, 3.05) is 32.8 Å². The quantitative estimate of drug-likeness (QED) is 0.465. The summed E-state index contributed by atoms with van der Waals surface area (Å²) in [5.74, 6) is -0.0913. The van der Waals surface area contributed by atoms with Gasteiger partial charge < -0.3 is 9.22 Å². The SMILES string of the molecule is CCC(=O)OCC[N+](CC)(CC)CC. The van der Waals surface area contributed by atoms with E-state index >= 15 is 0 Å². The second kappa shape index (κ2) is 6.82. The van der Waals surface area contributed by atoms with E-state index < -0.39 is 0 Å². The molecule has 0 unspecified atom stereocenters. The molecule has 0 bridgehead atoms. The number of esters is 1. The highest BCUT2D eigenvalue weighted by molar-refractivity contribution is 5.68. The fourth-order valence-electron chi connectivity index (χ4n) is 1.60. The third-order valence-electron chi connectivity index (χ3n) is 3.13. The van der Waals surface area contributed by atoms with Gasteiger partial charge in [0.05, 0.1) is 19.6 Å². The molecule has 0 radical (unpaired) electrons. The first-order chi connectivity index (χ1) is 6.64. The Morgan fingerprint density at radius 1 is 1.07 bits per heavy atom. The Morgan fingerprint density at radius 3 is 1.93 bits per heavy atom. The first kappa shape index (κ1) is 13.4.